The molecule has 2 heteroatoms. The fourth-order valence-corrected chi connectivity index (χ4v) is 0.991. The van der Waals surface area contributed by atoms with E-state index in [4.69, 9.17) is 17.6 Å². The molecule has 0 atom stereocenters. The number of terminal acetylenes is 1. The lowest BCUT2D eigenvalue weighted by molar-refractivity contribution is 1.24. The van der Waals surface area contributed by atoms with E-state index in [1.54, 1.807) is 0 Å². The zero-order valence-electron chi connectivity index (χ0n) is 6.67. The lowest BCUT2D eigenvalue weighted by atomic mass is 10.1. The SMILES string of the molecule is C#Cc1cccc(CC(=N)N)c1. The Kier molecular flexibility index (Phi) is 2.49. The predicted molar refractivity (Wildman–Crippen MR) is 50.0 cm³/mol. The van der Waals surface area contributed by atoms with Crippen LogP contribution < -0.4 is 5.73 Å². The van der Waals surface area contributed by atoms with E-state index in [1.807, 2.05) is 24.3 Å². The van der Waals surface area contributed by atoms with Crippen LogP contribution in [0.1, 0.15) is 11.1 Å². The summed E-state index contributed by atoms with van der Waals surface area (Å²) in [7, 11) is 0. The van der Waals surface area contributed by atoms with Gasteiger partial charge in [-0.1, -0.05) is 18.1 Å². The smallest absolute Gasteiger partial charge is 0.0950 e. The predicted octanol–water partition coefficient (Wildman–Crippen LogP) is 1.15. The molecule has 0 radical (unpaired) electrons. The minimum Gasteiger partial charge on any atom is -0.387 e. The van der Waals surface area contributed by atoms with Crippen molar-refractivity contribution >= 4 is 5.84 Å². The van der Waals surface area contributed by atoms with Crippen molar-refractivity contribution in [3.05, 3.63) is 35.4 Å². The van der Waals surface area contributed by atoms with Crippen molar-refractivity contribution in [3.8, 4) is 12.3 Å². The monoisotopic (exact) mass is 158 g/mol. The summed E-state index contributed by atoms with van der Waals surface area (Å²) in [4.78, 5) is 0. The second-order valence-electron chi connectivity index (χ2n) is 2.55. The Morgan fingerprint density at radius 1 is 1.58 bits per heavy atom. The lowest BCUT2D eigenvalue weighted by Crippen LogP contribution is -2.12. The fourth-order valence-electron chi connectivity index (χ4n) is 0.991. The van der Waals surface area contributed by atoms with Gasteiger partial charge in [0.2, 0.25) is 0 Å². The first-order valence-corrected chi connectivity index (χ1v) is 3.61. The van der Waals surface area contributed by atoms with Gasteiger partial charge in [-0.3, -0.25) is 5.41 Å². The van der Waals surface area contributed by atoms with Crippen LogP contribution in [0.3, 0.4) is 0 Å². The molecule has 0 spiro atoms. The van der Waals surface area contributed by atoms with Crippen LogP contribution in [0.2, 0.25) is 0 Å². The molecule has 0 aliphatic carbocycles. The molecule has 0 bridgehead atoms. The van der Waals surface area contributed by atoms with Gasteiger partial charge in [-0.05, 0) is 17.7 Å². The maximum Gasteiger partial charge on any atom is 0.0950 e. The van der Waals surface area contributed by atoms with Gasteiger partial charge < -0.3 is 5.73 Å². The second-order valence-corrected chi connectivity index (χ2v) is 2.55. The zero-order valence-corrected chi connectivity index (χ0v) is 6.67. The van der Waals surface area contributed by atoms with Gasteiger partial charge in [-0.15, -0.1) is 6.42 Å². The first-order chi connectivity index (χ1) is 5.72. The Hall–Kier alpha value is -1.75. The first-order valence-electron chi connectivity index (χ1n) is 3.61. The molecule has 60 valence electrons. The molecule has 1 aromatic carbocycles. The van der Waals surface area contributed by atoms with Gasteiger partial charge in [0.05, 0.1) is 5.84 Å². The molecule has 0 aliphatic heterocycles. The number of nitrogens with one attached hydrogen (secondary N) is 1. The van der Waals surface area contributed by atoms with Crippen molar-refractivity contribution in [1.82, 2.24) is 0 Å². The molecule has 0 saturated carbocycles. The van der Waals surface area contributed by atoms with E-state index in [0.29, 0.717) is 6.42 Å². The van der Waals surface area contributed by atoms with Crippen LogP contribution in [0.15, 0.2) is 24.3 Å². The summed E-state index contributed by atoms with van der Waals surface area (Å²) in [6.45, 7) is 0. The van der Waals surface area contributed by atoms with Crippen LogP contribution >= 0.6 is 0 Å². The molecule has 1 rings (SSSR count). The highest BCUT2D eigenvalue weighted by molar-refractivity contribution is 5.79. The van der Waals surface area contributed by atoms with E-state index in [1.165, 1.54) is 0 Å². The van der Waals surface area contributed by atoms with Gasteiger partial charge >= 0.3 is 0 Å². The number of hydrogen-bond acceptors (Lipinski definition) is 1. The molecule has 3 N–H and O–H groups in total. The minimum absolute atomic E-state index is 0.157. The van der Waals surface area contributed by atoms with Crippen molar-refractivity contribution in [3.63, 3.8) is 0 Å². The summed E-state index contributed by atoms with van der Waals surface area (Å²) >= 11 is 0. The third kappa shape index (κ3) is 2.14. The van der Waals surface area contributed by atoms with Gasteiger partial charge in [0.25, 0.3) is 0 Å². The van der Waals surface area contributed by atoms with E-state index in [0.717, 1.165) is 11.1 Å². The van der Waals surface area contributed by atoms with Crippen LogP contribution in [0.4, 0.5) is 0 Å². The molecule has 2 nitrogen and oxygen atoms in total. The summed E-state index contributed by atoms with van der Waals surface area (Å²) in [5, 5.41) is 7.09. The van der Waals surface area contributed by atoms with E-state index < -0.39 is 0 Å². The molecule has 0 unspecified atom stereocenters. The van der Waals surface area contributed by atoms with Crippen LogP contribution in [-0.4, -0.2) is 5.84 Å². The van der Waals surface area contributed by atoms with Crippen molar-refractivity contribution < 1.29 is 0 Å². The van der Waals surface area contributed by atoms with Gasteiger partial charge in [0, 0.05) is 12.0 Å². The second kappa shape index (κ2) is 3.59. The molecule has 12 heavy (non-hydrogen) atoms. The zero-order chi connectivity index (χ0) is 8.97. The van der Waals surface area contributed by atoms with E-state index in [2.05, 4.69) is 5.92 Å². The molecule has 0 amide bonds. The average molecular weight is 158 g/mol. The van der Waals surface area contributed by atoms with Gasteiger partial charge in [0.1, 0.15) is 0 Å². The average Bonchev–Trinajstić information content (AvgIpc) is 2.03. The topological polar surface area (TPSA) is 49.9 Å². The molecule has 0 aliphatic rings. The number of nitrogens with two attached hydrogens (primary N) is 1. The van der Waals surface area contributed by atoms with E-state index in [9.17, 15) is 0 Å². The number of benzene rings is 1. The third-order valence-corrected chi connectivity index (χ3v) is 1.49. The standard InChI is InChI=1S/C10H10N2/c1-2-8-4-3-5-9(6-8)7-10(11)12/h1,3-6H,7H2,(H3,11,12). The maximum absolute atomic E-state index is 7.09. The summed E-state index contributed by atoms with van der Waals surface area (Å²) in [6.07, 6.45) is 5.68. The summed E-state index contributed by atoms with van der Waals surface area (Å²) in [6, 6.07) is 7.49. The molecule has 0 aromatic heterocycles. The summed E-state index contributed by atoms with van der Waals surface area (Å²) < 4.78 is 0. The largest absolute Gasteiger partial charge is 0.387 e. The highest BCUT2D eigenvalue weighted by Gasteiger charge is 1.95. The Labute approximate surface area is 71.9 Å². The van der Waals surface area contributed by atoms with Crippen LogP contribution in [0.5, 0.6) is 0 Å². The third-order valence-electron chi connectivity index (χ3n) is 1.49. The van der Waals surface area contributed by atoms with Gasteiger partial charge in [-0.25, -0.2) is 0 Å². The highest BCUT2D eigenvalue weighted by atomic mass is 14.7. The summed E-state index contributed by atoms with van der Waals surface area (Å²) in [5.74, 6) is 2.69. The maximum atomic E-state index is 7.09. The van der Waals surface area contributed by atoms with E-state index >= 15 is 0 Å². The fraction of sp³-hybridized carbons (Fsp3) is 0.100. The van der Waals surface area contributed by atoms with Crippen molar-refractivity contribution in [2.45, 2.75) is 6.42 Å². The first kappa shape index (κ1) is 8.35. The van der Waals surface area contributed by atoms with Crippen LogP contribution in [-0.2, 0) is 6.42 Å². The Morgan fingerprint density at radius 2 is 2.33 bits per heavy atom. The van der Waals surface area contributed by atoms with Crippen molar-refractivity contribution in [2.24, 2.45) is 5.73 Å². The van der Waals surface area contributed by atoms with Crippen molar-refractivity contribution in [2.75, 3.05) is 0 Å². The van der Waals surface area contributed by atoms with Gasteiger partial charge in [0.15, 0.2) is 0 Å². The van der Waals surface area contributed by atoms with Gasteiger partial charge in [-0.2, -0.15) is 0 Å². The Morgan fingerprint density at radius 3 is 2.92 bits per heavy atom. The molecular formula is C10H10N2. The summed E-state index contributed by atoms with van der Waals surface area (Å²) in [5.41, 5.74) is 7.06. The molecule has 0 saturated heterocycles. The molecule has 0 heterocycles. The number of amidine groups is 1. The quantitative estimate of drug-likeness (QED) is 0.378. The number of hydrogen-bond donors (Lipinski definition) is 2. The van der Waals surface area contributed by atoms with Crippen LogP contribution in [0, 0.1) is 17.8 Å². The molecule has 1 aromatic rings. The normalized spacial score (nSPS) is 8.92. The Balaban J connectivity index is 2.88. The molecule has 0 fully saturated rings. The molecular weight excluding hydrogens is 148 g/mol. The van der Waals surface area contributed by atoms with Crippen molar-refractivity contribution in [1.29, 1.82) is 5.41 Å². The number of rotatable bonds is 2. The Bertz CT molecular complexity index is 334. The highest BCUT2D eigenvalue weighted by Crippen LogP contribution is 2.04. The van der Waals surface area contributed by atoms with Crippen LogP contribution in [0.25, 0.3) is 0 Å². The minimum atomic E-state index is 0.157. The van der Waals surface area contributed by atoms with E-state index in [-0.39, 0.29) is 5.84 Å². The lowest BCUT2D eigenvalue weighted by Gasteiger charge is -1.98.